The summed E-state index contributed by atoms with van der Waals surface area (Å²) in [4.78, 5) is 16.9. The Kier molecular flexibility index (Phi) is 6.85. The predicted octanol–water partition coefficient (Wildman–Crippen LogP) is 4.86. The monoisotopic (exact) mass is 390 g/mol. The minimum Gasteiger partial charge on any atom is -0.490 e. The molecular weight excluding hydrogens is 364 g/mol. The summed E-state index contributed by atoms with van der Waals surface area (Å²) in [5.74, 6) is 0.993. The van der Waals surface area contributed by atoms with Gasteiger partial charge in [-0.2, -0.15) is 0 Å². The van der Waals surface area contributed by atoms with Gasteiger partial charge in [-0.05, 0) is 56.2 Å². The second-order valence-electron chi connectivity index (χ2n) is 6.80. The van der Waals surface area contributed by atoms with Crippen molar-refractivity contribution >= 4 is 5.91 Å². The molecule has 5 heteroatoms. The van der Waals surface area contributed by atoms with Crippen LogP contribution in [0, 0.1) is 6.92 Å². The Morgan fingerprint density at radius 1 is 1.07 bits per heavy atom. The highest BCUT2D eigenvalue weighted by Gasteiger charge is 2.15. The zero-order valence-corrected chi connectivity index (χ0v) is 17.0. The van der Waals surface area contributed by atoms with Gasteiger partial charge in [0.1, 0.15) is 6.61 Å². The van der Waals surface area contributed by atoms with Crippen molar-refractivity contribution in [1.82, 2.24) is 10.3 Å². The van der Waals surface area contributed by atoms with Crippen LogP contribution in [-0.4, -0.2) is 17.5 Å². The van der Waals surface area contributed by atoms with E-state index in [2.05, 4.69) is 10.3 Å². The number of benzene rings is 2. The molecule has 1 amide bonds. The summed E-state index contributed by atoms with van der Waals surface area (Å²) in [6.45, 7) is 6.78. The first kappa shape index (κ1) is 20.4. The molecule has 150 valence electrons. The van der Waals surface area contributed by atoms with Gasteiger partial charge in [0.15, 0.2) is 11.5 Å². The zero-order chi connectivity index (χ0) is 20.6. The summed E-state index contributed by atoms with van der Waals surface area (Å²) < 4.78 is 11.6. The highest BCUT2D eigenvalue weighted by Crippen LogP contribution is 2.29. The molecule has 0 bridgehead atoms. The van der Waals surface area contributed by atoms with Gasteiger partial charge in [-0.25, -0.2) is 0 Å². The maximum atomic E-state index is 12.8. The molecule has 0 saturated heterocycles. The maximum absolute atomic E-state index is 12.8. The SMILES string of the molecule is CCOc1cc(C(=O)NC(C)c2ccccc2C)ccc1OCc1cccnc1. The lowest BCUT2D eigenvalue weighted by Gasteiger charge is -2.18. The summed E-state index contributed by atoms with van der Waals surface area (Å²) in [6.07, 6.45) is 3.48. The molecule has 0 spiro atoms. The second-order valence-corrected chi connectivity index (χ2v) is 6.80. The van der Waals surface area contributed by atoms with Gasteiger partial charge < -0.3 is 14.8 Å². The van der Waals surface area contributed by atoms with E-state index in [9.17, 15) is 4.79 Å². The van der Waals surface area contributed by atoms with Crippen molar-refractivity contribution < 1.29 is 14.3 Å². The molecule has 3 rings (SSSR count). The maximum Gasteiger partial charge on any atom is 0.251 e. The summed E-state index contributed by atoms with van der Waals surface area (Å²) in [6, 6.07) is 17.0. The lowest BCUT2D eigenvalue weighted by atomic mass is 10.0. The molecule has 1 N–H and O–H groups in total. The molecular formula is C24H26N2O3. The summed E-state index contributed by atoms with van der Waals surface area (Å²) in [7, 11) is 0. The number of carbonyl (C=O) groups excluding carboxylic acids is 1. The highest BCUT2D eigenvalue weighted by atomic mass is 16.5. The van der Waals surface area contributed by atoms with Crippen LogP contribution in [0.2, 0.25) is 0 Å². The quantitative estimate of drug-likeness (QED) is 0.597. The number of ether oxygens (including phenoxy) is 2. The molecule has 1 unspecified atom stereocenters. The van der Waals surface area contributed by atoms with Gasteiger partial charge in [-0.15, -0.1) is 0 Å². The fourth-order valence-corrected chi connectivity index (χ4v) is 3.11. The standard InChI is InChI=1S/C24H26N2O3/c1-4-28-23-14-20(11-12-22(23)29-16-19-9-7-13-25-15-19)24(27)26-18(3)21-10-6-5-8-17(21)2/h5-15,18H,4,16H2,1-3H3,(H,26,27). The largest absolute Gasteiger partial charge is 0.490 e. The minimum absolute atomic E-state index is 0.0965. The van der Waals surface area contributed by atoms with E-state index in [0.717, 1.165) is 16.7 Å². The Bertz CT molecular complexity index is 957. The van der Waals surface area contributed by atoms with Crippen LogP contribution in [0.15, 0.2) is 67.0 Å². The number of rotatable bonds is 8. The highest BCUT2D eigenvalue weighted by molar-refractivity contribution is 5.95. The predicted molar refractivity (Wildman–Crippen MR) is 113 cm³/mol. The van der Waals surface area contributed by atoms with Gasteiger partial charge in [0.2, 0.25) is 0 Å². The van der Waals surface area contributed by atoms with Gasteiger partial charge in [0, 0.05) is 23.5 Å². The Hall–Kier alpha value is -3.34. The van der Waals surface area contributed by atoms with E-state index in [1.807, 2.05) is 57.2 Å². The van der Waals surface area contributed by atoms with Crippen LogP contribution in [0.4, 0.5) is 0 Å². The first-order valence-corrected chi connectivity index (χ1v) is 9.73. The van der Waals surface area contributed by atoms with Crippen molar-refractivity contribution in [2.24, 2.45) is 0 Å². The third-order valence-electron chi connectivity index (χ3n) is 4.63. The van der Waals surface area contributed by atoms with E-state index in [0.29, 0.717) is 30.3 Å². The lowest BCUT2D eigenvalue weighted by molar-refractivity contribution is 0.0939. The minimum atomic E-state index is -0.152. The van der Waals surface area contributed by atoms with E-state index in [1.54, 1.807) is 30.6 Å². The number of hydrogen-bond acceptors (Lipinski definition) is 4. The van der Waals surface area contributed by atoms with E-state index < -0.39 is 0 Å². The van der Waals surface area contributed by atoms with Crippen LogP contribution < -0.4 is 14.8 Å². The van der Waals surface area contributed by atoms with Gasteiger partial charge in [0.25, 0.3) is 5.91 Å². The summed E-state index contributed by atoms with van der Waals surface area (Å²) >= 11 is 0. The topological polar surface area (TPSA) is 60.5 Å². The summed E-state index contributed by atoms with van der Waals surface area (Å²) in [5, 5.41) is 3.06. The molecule has 2 aromatic carbocycles. The van der Waals surface area contributed by atoms with Crippen molar-refractivity contribution in [1.29, 1.82) is 0 Å². The van der Waals surface area contributed by atoms with Crippen LogP contribution in [0.1, 0.15) is 46.9 Å². The van der Waals surface area contributed by atoms with Crippen molar-refractivity contribution in [2.75, 3.05) is 6.61 Å². The Morgan fingerprint density at radius 2 is 1.90 bits per heavy atom. The van der Waals surface area contributed by atoms with Gasteiger partial charge in [-0.3, -0.25) is 9.78 Å². The molecule has 1 atom stereocenters. The molecule has 1 aromatic heterocycles. The zero-order valence-electron chi connectivity index (χ0n) is 17.0. The van der Waals surface area contributed by atoms with Crippen molar-refractivity contribution in [3.05, 3.63) is 89.2 Å². The molecule has 0 aliphatic rings. The van der Waals surface area contributed by atoms with Crippen molar-refractivity contribution in [3.8, 4) is 11.5 Å². The van der Waals surface area contributed by atoms with Crippen LogP contribution in [0.3, 0.4) is 0 Å². The van der Waals surface area contributed by atoms with Crippen LogP contribution in [0.5, 0.6) is 11.5 Å². The number of nitrogens with zero attached hydrogens (tertiary/aromatic N) is 1. The average molecular weight is 390 g/mol. The Balaban J connectivity index is 1.73. The number of aryl methyl sites for hydroxylation is 1. The second kappa shape index (κ2) is 9.73. The molecule has 0 aliphatic carbocycles. The van der Waals surface area contributed by atoms with Crippen molar-refractivity contribution in [3.63, 3.8) is 0 Å². The molecule has 0 aliphatic heterocycles. The first-order valence-electron chi connectivity index (χ1n) is 9.73. The fourth-order valence-electron chi connectivity index (χ4n) is 3.11. The molecule has 0 saturated carbocycles. The fraction of sp³-hybridized carbons (Fsp3) is 0.250. The summed E-state index contributed by atoms with van der Waals surface area (Å²) in [5.41, 5.74) is 3.74. The Labute approximate surface area is 171 Å². The molecule has 5 nitrogen and oxygen atoms in total. The molecule has 29 heavy (non-hydrogen) atoms. The number of hydrogen-bond donors (Lipinski definition) is 1. The van der Waals surface area contributed by atoms with Crippen LogP contribution in [0.25, 0.3) is 0 Å². The normalized spacial score (nSPS) is 11.6. The lowest BCUT2D eigenvalue weighted by Crippen LogP contribution is -2.27. The van der Waals surface area contributed by atoms with Gasteiger partial charge in [-0.1, -0.05) is 30.3 Å². The number of aromatic nitrogens is 1. The molecule has 0 fully saturated rings. The van der Waals surface area contributed by atoms with Crippen LogP contribution >= 0.6 is 0 Å². The molecule has 3 aromatic rings. The number of nitrogens with one attached hydrogen (secondary N) is 1. The number of amides is 1. The van der Waals surface area contributed by atoms with E-state index in [1.165, 1.54) is 0 Å². The molecule has 0 radical (unpaired) electrons. The third-order valence-corrected chi connectivity index (χ3v) is 4.63. The van der Waals surface area contributed by atoms with Gasteiger partial charge >= 0.3 is 0 Å². The van der Waals surface area contributed by atoms with Crippen molar-refractivity contribution in [2.45, 2.75) is 33.4 Å². The number of pyridine rings is 1. The Morgan fingerprint density at radius 3 is 2.62 bits per heavy atom. The third kappa shape index (κ3) is 5.35. The van der Waals surface area contributed by atoms with Gasteiger partial charge in [0.05, 0.1) is 12.6 Å². The van der Waals surface area contributed by atoms with E-state index in [4.69, 9.17) is 9.47 Å². The van der Waals surface area contributed by atoms with E-state index in [-0.39, 0.29) is 11.9 Å². The number of carbonyl (C=O) groups is 1. The average Bonchev–Trinajstić information content (AvgIpc) is 2.74. The molecule has 1 heterocycles. The van der Waals surface area contributed by atoms with E-state index >= 15 is 0 Å². The van der Waals surface area contributed by atoms with Crippen LogP contribution in [-0.2, 0) is 6.61 Å². The smallest absolute Gasteiger partial charge is 0.251 e. The first-order chi connectivity index (χ1) is 14.1.